The number of halogens is 2. The summed E-state index contributed by atoms with van der Waals surface area (Å²) < 4.78 is 6.25. The largest absolute Gasteiger partial charge is 0.496 e. The van der Waals surface area contributed by atoms with Gasteiger partial charge in [0.2, 0.25) is 0 Å². The monoisotopic (exact) mass is 348 g/mol. The Balaban J connectivity index is 2.78. The van der Waals surface area contributed by atoms with E-state index in [2.05, 4.69) is 57.8 Å². The number of hydrogen-bond donors (Lipinski definition) is 0. The summed E-state index contributed by atoms with van der Waals surface area (Å²) in [6, 6.07) is 6.31. The third kappa shape index (κ3) is 3.77. The average molecular weight is 350 g/mol. The van der Waals surface area contributed by atoms with Crippen molar-refractivity contribution in [2.45, 2.75) is 31.5 Å². The fourth-order valence-corrected chi connectivity index (χ4v) is 2.92. The summed E-state index contributed by atoms with van der Waals surface area (Å²) >= 11 is 7.19. The van der Waals surface area contributed by atoms with E-state index in [0.717, 1.165) is 16.6 Å². The highest BCUT2D eigenvalue weighted by Crippen LogP contribution is 2.28. The zero-order valence-electron chi connectivity index (χ0n) is 9.97. The second-order valence-corrected chi connectivity index (χ2v) is 6.32. The molecule has 2 unspecified atom stereocenters. The van der Waals surface area contributed by atoms with Gasteiger partial charge in [0, 0.05) is 4.83 Å². The summed E-state index contributed by atoms with van der Waals surface area (Å²) in [7, 11) is 1.69. The van der Waals surface area contributed by atoms with E-state index >= 15 is 0 Å². The minimum Gasteiger partial charge on any atom is -0.496 e. The minimum atomic E-state index is 0.554. The van der Waals surface area contributed by atoms with Crippen molar-refractivity contribution in [1.29, 1.82) is 0 Å². The Kier molecular flexibility index (Phi) is 5.84. The standard InChI is InChI=1S/C13H18Br2O/c1-4-11(9(2)14)7-10-5-6-13(16-3)12(15)8-10/h5-6,8-9,11H,4,7H2,1-3H3. The molecule has 0 heterocycles. The molecule has 0 aliphatic heterocycles. The SMILES string of the molecule is CCC(Cc1ccc(OC)c(Br)c1)C(C)Br. The quantitative estimate of drug-likeness (QED) is 0.693. The molecule has 16 heavy (non-hydrogen) atoms. The molecular formula is C13H18Br2O. The molecule has 1 nitrogen and oxygen atoms in total. The molecule has 0 aromatic heterocycles. The molecule has 1 aromatic rings. The number of benzene rings is 1. The lowest BCUT2D eigenvalue weighted by atomic mass is 9.94. The summed E-state index contributed by atoms with van der Waals surface area (Å²) in [5, 5.41) is 0. The van der Waals surface area contributed by atoms with Crippen LogP contribution in [0.15, 0.2) is 22.7 Å². The number of alkyl halides is 1. The van der Waals surface area contributed by atoms with E-state index in [1.807, 2.05) is 6.07 Å². The minimum absolute atomic E-state index is 0.554. The number of rotatable bonds is 5. The summed E-state index contributed by atoms with van der Waals surface area (Å²) in [6.45, 7) is 4.45. The van der Waals surface area contributed by atoms with Crippen molar-refractivity contribution in [3.63, 3.8) is 0 Å². The maximum absolute atomic E-state index is 5.22. The van der Waals surface area contributed by atoms with Gasteiger partial charge in [0.1, 0.15) is 5.75 Å². The van der Waals surface area contributed by atoms with Gasteiger partial charge in [-0.1, -0.05) is 42.3 Å². The van der Waals surface area contributed by atoms with Crippen LogP contribution in [0.5, 0.6) is 5.75 Å². The highest BCUT2D eigenvalue weighted by molar-refractivity contribution is 9.10. The summed E-state index contributed by atoms with van der Waals surface area (Å²) in [6.07, 6.45) is 2.29. The average Bonchev–Trinajstić information content (AvgIpc) is 2.25. The molecular weight excluding hydrogens is 332 g/mol. The number of methoxy groups -OCH3 is 1. The predicted molar refractivity (Wildman–Crippen MR) is 76.6 cm³/mol. The first kappa shape index (κ1) is 14.0. The molecule has 0 aliphatic rings. The Bertz CT molecular complexity index is 337. The molecule has 0 fully saturated rings. The van der Waals surface area contributed by atoms with Gasteiger partial charge in [0.15, 0.2) is 0 Å². The Morgan fingerprint density at radius 2 is 2.06 bits per heavy atom. The van der Waals surface area contributed by atoms with Crippen LogP contribution in [-0.4, -0.2) is 11.9 Å². The molecule has 1 aromatic carbocycles. The topological polar surface area (TPSA) is 9.23 Å². The number of hydrogen-bond acceptors (Lipinski definition) is 1. The lowest BCUT2D eigenvalue weighted by Crippen LogP contribution is -2.12. The van der Waals surface area contributed by atoms with Gasteiger partial charge < -0.3 is 4.74 Å². The van der Waals surface area contributed by atoms with Crippen LogP contribution in [-0.2, 0) is 6.42 Å². The van der Waals surface area contributed by atoms with E-state index < -0.39 is 0 Å². The zero-order chi connectivity index (χ0) is 12.1. The summed E-state index contributed by atoms with van der Waals surface area (Å²) in [4.78, 5) is 0.554. The van der Waals surface area contributed by atoms with E-state index in [0.29, 0.717) is 10.7 Å². The molecule has 1 rings (SSSR count). The molecule has 0 spiro atoms. The van der Waals surface area contributed by atoms with Crippen LogP contribution >= 0.6 is 31.9 Å². The Hall–Kier alpha value is -0.0200. The maximum atomic E-state index is 5.22. The first-order valence-electron chi connectivity index (χ1n) is 5.55. The van der Waals surface area contributed by atoms with Gasteiger partial charge in [-0.25, -0.2) is 0 Å². The molecule has 0 saturated heterocycles. The van der Waals surface area contributed by atoms with Crippen molar-refractivity contribution < 1.29 is 4.74 Å². The normalized spacial score (nSPS) is 14.6. The second-order valence-electron chi connectivity index (χ2n) is 4.02. The van der Waals surface area contributed by atoms with Crippen molar-refractivity contribution in [2.24, 2.45) is 5.92 Å². The molecule has 0 saturated carbocycles. The van der Waals surface area contributed by atoms with E-state index in [1.54, 1.807) is 7.11 Å². The molecule has 90 valence electrons. The smallest absolute Gasteiger partial charge is 0.133 e. The molecule has 3 heteroatoms. The van der Waals surface area contributed by atoms with Gasteiger partial charge >= 0.3 is 0 Å². The van der Waals surface area contributed by atoms with Crippen LogP contribution in [0.4, 0.5) is 0 Å². The second kappa shape index (κ2) is 6.65. The van der Waals surface area contributed by atoms with Crippen LogP contribution in [0.2, 0.25) is 0 Å². The van der Waals surface area contributed by atoms with Crippen molar-refractivity contribution in [3.8, 4) is 5.75 Å². The van der Waals surface area contributed by atoms with Crippen LogP contribution in [0.3, 0.4) is 0 Å². The molecule has 0 amide bonds. The van der Waals surface area contributed by atoms with Crippen molar-refractivity contribution in [1.82, 2.24) is 0 Å². The van der Waals surface area contributed by atoms with Gasteiger partial charge in [-0.15, -0.1) is 0 Å². The van der Waals surface area contributed by atoms with Gasteiger partial charge in [-0.3, -0.25) is 0 Å². The summed E-state index contributed by atoms with van der Waals surface area (Å²) in [5.41, 5.74) is 1.35. The van der Waals surface area contributed by atoms with Gasteiger partial charge in [-0.05, 0) is 46.0 Å². The molecule has 2 atom stereocenters. The first-order valence-corrected chi connectivity index (χ1v) is 7.25. The predicted octanol–water partition coefficient (Wildman–Crippen LogP) is 4.81. The van der Waals surface area contributed by atoms with Crippen LogP contribution in [0.1, 0.15) is 25.8 Å². The highest BCUT2D eigenvalue weighted by Gasteiger charge is 2.13. The van der Waals surface area contributed by atoms with Crippen molar-refractivity contribution in [2.75, 3.05) is 7.11 Å². The van der Waals surface area contributed by atoms with E-state index in [-0.39, 0.29) is 0 Å². The van der Waals surface area contributed by atoms with Crippen LogP contribution in [0.25, 0.3) is 0 Å². The Morgan fingerprint density at radius 1 is 1.38 bits per heavy atom. The summed E-state index contributed by atoms with van der Waals surface area (Å²) in [5.74, 6) is 1.57. The van der Waals surface area contributed by atoms with Gasteiger partial charge in [-0.2, -0.15) is 0 Å². The first-order chi connectivity index (χ1) is 7.58. The number of ether oxygens (including phenoxy) is 1. The van der Waals surface area contributed by atoms with Crippen LogP contribution < -0.4 is 4.74 Å². The van der Waals surface area contributed by atoms with Gasteiger partial charge in [0.05, 0.1) is 11.6 Å². The fraction of sp³-hybridized carbons (Fsp3) is 0.538. The van der Waals surface area contributed by atoms with Crippen molar-refractivity contribution >= 4 is 31.9 Å². The van der Waals surface area contributed by atoms with E-state index in [1.165, 1.54) is 12.0 Å². The maximum Gasteiger partial charge on any atom is 0.133 e. The molecule has 0 aliphatic carbocycles. The zero-order valence-corrected chi connectivity index (χ0v) is 13.1. The lowest BCUT2D eigenvalue weighted by molar-refractivity contribution is 0.411. The Labute approximate surface area is 115 Å². The molecule has 0 radical (unpaired) electrons. The third-order valence-electron chi connectivity index (χ3n) is 2.89. The Morgan fingerprint density at radius 3 is 2.50 bits per heavy atom. The highest BCUT2D eigenvalue weighted by atomic mass is 79.9. The molecule has 0 N–H and O–H groups in total. The van der Waals surface area contributed by atoms with E-state index in [9.17, 15) is 0 Å². The van der Waals surface area contributed by atoms with Gasteiger partial charge in [0.25, 0.3) is 0 Å². The third-order valence-corrected chi connectivity index (χ3v) is 4.26. The molecule has 0 bridgehead atoms. The van der Waals surface area contributed by atoms with Crippen LogP contribution in [0, 0.1) is 5.92 Å². The van der Waals surface area contributed by atoms with E-state index in [4.69, 9.17) is 4.74 Å². The lowest BCUT2D eigenvalue weighted by Gasteiger charge is -2.18. The fourth-order valence-electron chi connectivity index (χ4n) is 1.77. The van der Waals surface area contributed by atoms with Crippen molar-refractivity contribution in [3.05, 3.63) is 28.2 Å².